The van der Waals surface area contributed by atoms with Gasteiger partial charge in [-0.25, -0.2) is 0 Å². The molecule has 3 rings (SSSR count). The Labute approximate surface area is 163 Å². The third-order valence-electron chi connectivity index (χ3n) is 3.94. The van der Waals surface area contributed by atoms with Crippen molar-refractivity contribution in [3.63, 3.8) is 0 Å². The zero-order valence-corrected chi connectivity index (χ0v) is 15.7. The highest BCUT2D eigenvalue weighted by Gasteiger charge is 2.20. The summed E-state index contributed by atoms with van der Waals surface area (Å²) < 4.78 is 35.3. The Kier molecular flexibility index (Phi) is 6.08. The molecule has 3 aromatic carbocycles. The van der Waals surface area contributed by atoms with E-state index in [1.807, 2.05) is 30.3 Å². The SMILES string of the molecule is NC(=O)C(OCc1ccccc1)c1ccc(OS(=O)(=O)c2ccccc2)cc1. The highest BCUT2D eigenvalue weighted by Crippen LogP contribution is 2.24. The van der Waals surface area contributed by atoms with Gasteiger partial charge in [-0.05, 0) is 35.4 Å². The van der Waals surface area contributed by atoms with Gasteiger partial charge in [-0.3, -0.25) is 4.79 Å². The first-order valence-corrected chi connectivity index (χ1v) is 9.91. The van der Waals surface area contributed by atoms with E-state index in [1.165, 1.54) is 24.3 Å². The number of rotatable bonds is 8. The number of amides is 1. The average molecular weight is 397 g/mol. The van der Waals surface area contributed by atoms with E-state index in [9.17, 15) is 13.2 Å². The quantitative estimate of drug-likeness (QED) is 0.589. The molecule has 0 saturated carbocycles. The number of carbonyl (C=O) groups excluding carboxylic acids is 1. The van der Waals surface area contributed by atoms with Gasteiger partial charge in [0.25, 0.3) is 5.91 Å². The molecule has 1 atom stereocenters. The van der Waals surface area contributed by atoms with Crippen LogP contribution in [0.1, 0.15) is 17.2 Å². The summed E-state index contributed by atoms with van der Waals surface area (Å²) in [6.45, 7) is 0.217. The fourth-order valence-electron chi connectivity index (χ4n) is 2.56. The molecule has 0 heterocycles. The Hall–Kier alpha value is -3.16. The smallest absolute Gasteiger partial charge is 0.339 e. The molecule has 28 heavy (non-hydrogen) atoms. The van der Waals surface area contributed by atoms with E-state index in [0.717, 1.165) is 5.56 Å². The molecule has 0 spiro atoms. The standard InChI is InChI=1S/C21H19NO5S/c22-21(23)20(26-15-16-7-3-1-4-8-16)17-11-13-18(14-12-17)27-28(24,25)19-9-5-2-6-10-19/h1-14,20H,15H2,(H2,22,23). The lowest BCUT2D eigenvalue weighted by molar-refractivity contribution is -0.130. The minimum atomic E-state index is -3.93. The normalized spacial score (nSPS) is 12.3. The maximum atomic E-state index is 12.3. The van der Waals surface area contributed by atoms with Crippen molar-refractivity contribution in [3.05, 3.63) is 96.1 Å². The maximum Gasteiger partial charge on any atom is 0.339 e. The van der Waals surface area contributed by atoms with E-state index < -0.39 is 22.1 Å². The fourth-order valence-corrected chi connectivity index (χ4v) is 3.51. The summed E-state index contributed by atoms with van der Waals surface area (Å²) in [5.74, 6) is -0.514. The third-order valence-corrected chi connectivity index (χ3v) is 5.20. The molecule has 0 aromatic heterocycles. The van der Waals surface area contributed by atoms with Crippen LogP contribution >= 0.6 is 0 Å². The molecule has 6 nitrogen and oxygen atoms in total. The first-order chi connectivity index (χ1) is 13.5. The minimum absolute atomic E-state index is 0.0558. The summed E-state index contributed by atoms with van der Waals surface area (Å²) in [5.41, 5.74) is 6.87. The fraction of sp³-hybridized carbons (Fsp3) is 0.0952. The highest BCUT2D eigenvalue weighted by atomic mass is 32.2. The molecule has 144 valence electrons. The largest absolute Gasteiger partial charge is 0.379 e. The van der Waals surface area contributed by atoms with Crippen LogP contribution < -0.4 is 9.92 Å². The summed E-state index contributed by atoms with van der Waals surface area (Å²) >= 11 is 0. The van der Waals surface area contributed by atoms with Crippen LogP contribution in [0.5, 0.6) is 5.75 Å². The zero-order valence-electron chi connectivity index (χ0n) is 14.9. The molecule has 1 unspecified atom stereocenters. The first-order valence-electron chi connectivity index (χ1n) is 8.50. The van der Waals surface area contributed by atoms with Crippen LogP contribution in [0.3, 0.4) is 0 Å². The van der Waals surface area contributed by atoms with Crippen molar-refractivity contribution < 1.29 is 22.1 Å². The van der Waals surface area contributed by atoms with E-state index in [1.54, 1.807) is 30.3 Å². The number of nitrogens with two attached hydrogens (primary N) is 1. The second-order valence-electron chi connectivity index (χ2n) is 6.00. The molecule has 1 amide bonds. The summed E-state index contributed by atoms with van der Waals surface area (Å²) in [7, 11) is -3.93. The van der Waals surface area contributed by atoms with Crippen LogP contribution in [-0.2, 0) is 26.3 Å². The molecule has 0 fully saturated rings. The van der Waals surface area contributed by atoms with E-state index in [2.05, 4.69) is 0 Å². The van der Waals surface area contributed by atoms with E-state index in [4.69, 9.17) is 14.7 Å². The molecular weight excluding hydrogens is 378 g/mol. The predicted octanol–water partition coefficient (Wildman–Crippen LogP) is 3.20. The van der Waals surface area contributed by atoms with Crippen LogP contribution in [0.25, 0.3) is 0 Å². The topological polar surface area (TPSA) is 95.7 Å². The molecule has 7 heteroatoms. The number of ether oxygens (including phenoxy) is 1. The monoisotopic (exact) mass is 397 g/mol. The maximum absolute atomic E-state index is 12.3. The Bertz CT molecular complexity index is 1020. The highest BCUT2D eigenvalue weighted by molar-refractivity contribution is 7.87. The lowest BCUT2D eigenvalue weighted by atomic mass is 10.1. The molecule has 2 N–H and O–H groups in total. The molecule has 0 saturated heterocycles. The van der Waals surface area contributed by atoms with Gasteiger partial charge in [0.2, 0.25) is 0 Å². The van der Waals surface area contributed by atoms with Crippen LogP contribution in [0, 0.1) is 0 Å². The molecule has 3 aromatic rings. The Morgan fingerprint density at radius 3 is 2.00 bits per heavy atom. The van der Waals surface area contributed by atoms with Crippen LogP contribution in [0.2, 0.25) is 0 Å². The number of primary amides is 1. The number of benzene rings is 3. The zero-order chi connectivity index (χ0) is 20.0. The van der Waals surface area contributed by atoms with Gasteiger partial charge in [0.15, 0.2) is 6.10 Å². The molecular formula is C21H19NO5S. The van der Waals surface area contributed by atoms with Gasteiger partial charge in [-0.15, -0.1) is 0 Å². The molecule has 0 radical (unpaired) electrons. The molecule has 0 aliphatic heterocycles. The van der Waals surface area contributed by atoms with Gasteiger partial charge in [0, 0.05) is 0 Å². The van der Waals surface area contributed by atoms with Crippen LogP contribution in [0.15, 0.2) is 89.8 Å². The first kappa shape index (κ1) is 19.6. The van der Waals surface area contributed by atoms with Crippen molar-refractivity contribution in [2.45, 2.75) is 17.6 Å². The molecule has 0 aliphatic carbocycles. The van der Waals surface area contributed by atoms with Crippen molar-refractivity contribution in [2.24, 2.45) is 5.73 Å². The van der Waals surface area contributed by atoms with Crippen molar-refractivity contribution in [2.75, 3.05) is 0 Å². The second-order valence-corrected chi connectivity index (χ2v) is 7.54. The van der Waals surface area contributed by atoms with Gasteiger partial charge >= 0.3 is 10.1 Å². The van der Waals surface area contributed by atoms with Crippen molar-refractivity contribution in [1.82, 2.24) is 0 Å². The van der Waals surface area contributed by atoms with Gasteiger partial charge in [0.05, 0.1) is 6.61 Å². The van der Waals surface area contributed by atoms with E-state index in [-0.39, 0.29) is 17.3 Å². The Morgan fingerprint density at radius 1 is 0.857 bits per heavy atom. The number of carbonyl (C=O) groups is 1. The second kappa shape index (κ2) is 8.69. The summed E-state index contributed by atoms with van der Waals surface area (Å²) in [4.78, 5) is 11.8. The minimum Gasteiger partial charge on any atom is -0.379 e. The summed E-state index contributed by atoms with van der Waals surface area (Å²) in [5, 5.41) is 0. The lowest BCUT2D eigenvalue weighted by Crippen LogP contribution is -2.23. The van der Waals surface area contributed by atoms with Gasteiger partial charge in [-0.1, -0.05) is 60.7 Å². The lowest BCUT2D eigenvalue weighted by Gasteiger charge is -2.16. The summed E-state index contributed by atoms with van der Waals surface area (Å²) in [6.07, 6.45) is -0.958. The predicted molar refractivity (Wildman–Crippen MR) is 104 cm³/mol. The summed E-state index contributed by atoms with van der Waals surface area (Å²) in [6, 6.07) is 23.2. The third kappa shape index (κ3) is 4.97. The van der Waals surface area contributed by atoms with Gasteiger partial charge in [-0.2, -0.15) is 8.42 Å². The number of hydrogen-bond acceptors (Lipinski definition) is 5. The van der Waals surface area contributed by atoms with E-state index >= 15 is 0 Å². The van der Waals surface area contributed by atoms with Crippen molar-refractivity contribution in [1.29, 1.82) is 0 Å². The van der Waals surface area contributed by atoms with Crippen LogP contribution in [-0.4, -0.2) is 14.3 Å². The Balaban J connectivity index is 1.72. The van der Waals surface area contributed by atoms with Crippen molar-refractivity contribution in [3.8, 4) is 5.75 Å². The van der Waals surface area contributed by atoms with Gasteiger partial charge in [0.1, 0.15) is 10.6 Å². The van der Waals surface area contributed by atoms with E-state index in [0.29, 0.717) is 5.56 Å². The molecule has 0 bridgehead atoms. The van der Waals surface area contributed by atoms with Crippen molar-refractivity contribution >= 4 is 16.0 Å². The average Bonchev–Trinajstić information content (AvgIpc) is 2.70. The van der Waals surface area contributed by atoms with Crippen LogP contribution in [0.4, 0.5) is 0 Å². The number of hydrogen-bond donors (Lipinski definition) is 1. The Morgan fingerprint density at radius 2 is 1.43 bits per heavy atom. The van der Waals surface area contributed by atoms with Gasteiger partial charge < -0.3 is 14.7 Å². The molecule has 0 aliphatic rings.